The van der Waals surface area contributed by atoms with E-state index in [4.69, 9.17) is 5.73 Å². The fourth-order valence-electron chi connectivity index (χ4n) is 2.42. The largest absolute Gasteiger partial charge is 0.320 e. The zero-order valence-corrected chi connectivity index (χ0v) is 12.8. The van der Waals surface area contributed by atoms with Gasteiger partial charge in [-0.3, -0.25) is 4.98 Å². The lowest BCUT2D eigenvalue weighted by atomic mass is 9.95. The van der Waals surface area contributed by atoms with Gasteiger partial charge in [0.05, 0.1) is 11.6 Å². The molecule has 1 atom stereocenters. The van der Waals surface area contributed by atoms with E-state index in [1.54, 1.807) is 0 Å². The standard InChI is InChI=1S/C17H15BrN2/c1-11-14(5-2-6-15(11)18)17(19)13-8-7-12-4-3-9-20-16(12)10-13/h2-10,17H,19H2,1H3. The highest BCUT2D eigenvalue weighted by Crippen LogP contribution is 2.28. The zero-order chi connectivity index (χ0) is 14.1. The molecule has 0 saturated heterocycles. The number of hydrogen-bond donors (Lipinski definition) is 1. The highest BCUT2D eigenvalue weighted by atomic mass is 79.9. The minimum Gasteiger partial charge on any atom is -0.320 e. The molecule has 2 aromatic carbocycles. The summed E-state index contributed by atoms with van der Waals surface area (Å²) in [5, 5.41) is 1.13. The summed E-state index contributed by atoms with van der Waals surface area (Å²) in [6.07, 6.45) is 1.81. The maximum atomic E-state index is 6.43. The number of nitrogens with zero attached hydrogens (tertiary/aromatic N) is 1. The minimum atomic E-state index is -0.140. The fraction of sp³-hybridized carbons (Fsp3) is 0.118. The molecule has 0 aliphatic heterocycles. The van der Waals surface area contributed by atoms with Gasteiger partial charge in [0.2, 0.25) is 0 Å². The summed E-state index contributed by atoms with van der Waals surface area (Å²) in [7, 11) is 0. The third-order valence-electron chi connectivity index (χ3n) is 3.63. The van der Waals surface area contributed by atoms with Crippen LogP contribution >= 0.6 is 15.9 Å². The summed E-state index contributed by atoms with van der Waals surface area (Å²) in [5.74, 6) is 0. The maximum absolute atomic E-state index is 6.43. The molecular formula is C17H15BrN2. The number of aromatic nitrogens is 1. The van der Waals surface area contributed by atoms with Crippen molar-refractivity contribution in [1.82, 2.24) is 4.98 Å². The van der Waals surface area contributed by atoms with Crippen molar-refractivity contribution in [2.24, 2.45) is 5.73 Å². The number of pyridine rings is 1. The van der Waals surface area contributed by atoms with Gasteiger partial charge in [-0.25, -0.2) is 0 Å². The monoisotopic (exact) mass is 326 g/mol. The van der Waals surface area contributed by atoms with Crippen LogP contribution in [0.3, 0.4) is 0 Å². The zero-order valence-electron chi connectivity index (χ0n) is 11.2. The van der Waals surface area contributed by atoms with Crippen LogP contribution in [0.1, 0.15) is 22.7 Å². The van der Waals surface area contributed by atoms with Crippen LogP contribution in [-0.2, 0) is 0 Å². The predicted octanol–water partition coefficient (Wildman–Crippen LogP) is 4.35. The Labute approximate surface area is 126 Å². The number of nitrogens with two attached hydrogens (primary N) is 1. The third kappa shape index (κ3) is 2.35. The maximum Gasteiger partial charge on any atom is 0.0705 e. The van der Waals surface area contributed by atoms with E-state index in [-0.39, 0.29) is 6.04 Å². The highest BCUT2D eigenvalue weighted by Gasteiger charge is 2.13. The summed E-state index contributed by atoms with van der Waals surface area (Å²) < 4.78 is 1.09. The molecule has 3 heteroatoms. The van der Waals surface area contributed by atoms with Gasteiger partial charge in [0.15, 0.2) is 0 Å². The van der Waals surface area contributed by atoms with Crippen molar-refractivity contribution >= 4 is 26.8 Å². The molecule has 0 radical (unpaired) electrons. The van der Waals surface area contributed by atoms with Crippen LogP contribution in [-0.4, -0.2) is 4.98 Å². The van der Waals surface area contributed by atoms with Gasteiger partial charge in [0.1, 0.15) is 0 Å². The first-order valence-electron chi connectivity index (χ1n) is 6.52. The molecule has 0 bridgehead atoms. The average molecular weight is 327 g/mol. The molecule has 1 aromatic heterocycles. The van der Waals surface area contributed by atoms with Crippen molar-refractivity contribution in [3.05, 3.63) is 75.9 Å². The first-order valence-corrected chi connectivity index (χ1v) is 7.31. The molecule has 2 N–H and O–H groups in total. The van der Waals surface area contributed by atoms with Crippen molar-refractivity contribution < 1.29 is 0 Å². The van der Waals surface area contributed by atoms with Crippen LogP contribution in [0.4, 0.5) is 0 Å². The number of halogens is 1. The molecule has 0 fully saturated rings. The Morgan fingerprint density at radius 2 is 1.95 bits per heavy atom. The second kappa shape index (κ2) is 5.35. The van der Waals surface area contributed by atoms with Crippen molar-refractivity contribution in [3.63, 3.8) is 0 Å². The Morgan fingerprint density at radius 1 is 1.10 bits per heavy atom. The molecule has 1 heterocycles. The molecule has 20 heavy (non-hydrogen) atoms. The molecule has 0 saturated carbocycles. The van der Waals surface area contributed by atoms with E-state index >= 15 is 0 Å². The molecule has 1 unspecified atom stereocenters. The fourth-order valence-corrected chi connectivity index (χ4v) is 2.80. The highest BCUT2D eigenvalue weighted by molar-refractivity contribution is 9.10. The second-order valence-electron chi connectivity index (χ2n) is 4.89. The van der Waals surface area contributed by atoms with E-state index < -0.39 is 0 Å². The van der Waals surface area contributed by atoms with Crippen molar-refractivity contribution in [3.8, 4) is 0 Å². The Balaban J connectivity index is 2.08. The van der Waals surface area contributed by atoms with E-state index in [0.29, 0.717) is 0 Å². The van der Waals surface area contributed by atoms with Gasteiger partial charge in [-0.05, 0) is 41.8 Å². The van der Waals surface area contributed by atoms with Crippen LogP contribution in [0.25, 0.3) is 10.9 Å². The van der Waals surface area contributed by atoms with Crippen molar-refractivity contribution in [2.75, 3.05) is 0 Å². The number of benzene rings is 2. The minimum absolute atomic E-state index is 0.140. The van der Waals surface area contributed by atoms with Crippen LogP contribution in [0.2, 0.25) is 0 Å². The lowest BCUT2D eigenvalue weighted by molar-refractivity contribution is 0.861. The topological polar surface area (TPSA) is 38.9 Å². The average Bonchev–Trinajstić information content (AvgIpc) is 2.49. The molecule has 0 aliphatic rings. The van der Waals surface area contributed by atoms with Gasteiger partial charge in [0.25, 0.3) is 0 Å². The Bertz CT molecular complexity index is 768. The lowest BCUT2D eigenvalue weighted by Gasteiger charge is -2.16. The van der Waals surface area contributed by atoms with Gasteiger partial charge in [0, 0.05) is 16.1 Å². The SMILES string of the molecule is Cc1c(Br)cccc1C(N)c1ccc2cccnc2c1. The quantitative estimate of drug-likeness (QED) is 0.760. The normalized spacial score (nSPS) is 12.6. The van der Waals surface area contributed by atoms with Crippen LogP contribution < -0.4 is 5.73 Å². The molecule has 0 amide bonds. The lowest BCUT2D eigenvalue weighted by Crippen LogP contribution is -2.13. The van der Waals surface area contributed by atoms with Gasteiger partial charge < -0.3 is 5.73 Å². The van der Waals surface area contributed by atoms with Gasteiger partial charge in [-0.1, -0.05) is 46.3 Å². The summed E-state index contributed by atoms with van der Waals surface area (Å²) in [6, 6.07) is 16.2. The summed E-state index contributed by atoms with van der Waals surface area (Å²) >= 11 is 3.56. The molecule has 100 valence electrons. The van der Waals surface area contributed by atoms with Crippen LogP contribution in [0.5, 0.6) is 0 Å². The van der Waals surface area contributed by atoms with E-state index in [9.17, 15) is 0 Å². The molecular weight excluding hydrogens is 312 g/mol. The van der Waals surface area contributed by atoms with Crippen LogP contribution in [0, 0.1) is 6.92 Å². The van der Waals surface area contributed by atoms with E-state index in [1.165, 1.54) is 5.56 Å². The smallest absolute Gasteiger partial charge is 0.0705 e. The first kappa shape index (κ1) is 13.3. The molecule has 0 spiro atoms. The van der Waals surface area contributed by atoms with Gasteiger partial charge in [-0.15, -0.1) is 0 Å². The number of fused-ring (bicyclic) bond motifs is 1. The number of hydrogen-bond acceptors (Lipinski definition) is 2. The van der Waals surface area contributed by atoms with Crippen molar-refractivity contribution in [2.45, 2.75) is 13.0 Å². The van der Waals surface area contributed by atoms with Gasteiger partial charge >= 0.3 is 0 Å². The van der Waals surface area contributed by atoms with Crippen LogP contribution in [0.15, 0.2) is 59.2 Å². The van der Waals surface area contributed by atoms with E-state index in [2.05, 4.69) is 58.2 Å². The predicted molar refractivity (Wildman–Crippen MR) is 86.7 cm³/mol. The van der Waals surface area contributed by atoms with E-state index in [1.807, 2.05) is 24.4 Å². The summed E-state index contributed by atoms with van der Waals surface area (Å²) in [6.45, 7) is 2.08. The summed E-state index contributed by atoms with van der Waals surface area (Å²) in [5.41, 5.74) is 10.8. The Hall–Kier alpha value is -1.71. The molecule has 3 rings (SSSR count). The number of rotatable bonds is 2. The Kier molecular flexibility index (Phi) is 3.55. The van der Waals surface area contributed by atoms with Gasteiger partial charge in [-0.2, -0.15) is 0 Å². The molecule has 0 aliphatic carbocycles. The Morgan fingerprint density at radius 3 is 2.80 bits per heavy atom. The first-order chi connectivity index (χ1) is 9.66. The molecule has 3 aromatic rings. The van der Waals surface area contributed by atoms with Crippen molar-refractivity contribution in [1.29, 1.82) is 0 Å². The molecule has 2 nitrogen and oxygen atoms in total. The summed E-state index contributed by atoms with van der Waals surface area (Å²) in [4.78, 5) is 4.39. The van der Waals surface area contributed by atoms with E-state index in [0.717, 1.165) is 26.5 Å². The third-order valence-corrected chi connectivity index (χ3v) is 4.49. The second-order valence-corrected chi connectivity index (χ2v) is 5.74.